The number of hydrogen-bond donors (Lipinski definition) is 1. The van der Waals surface area contributed by atoms with Gasteiger partial charge in [0.25, 0.3) is 0 Å². The van der Waals surface area contributed by atoms with Crippen molar-refractivity contribution in [1.82, 2.24) is 15.1 Å². The zero-order chi connectivity index (χ0) is 16.6. The van der Waals surface area contributed by atoms with E-state index in [-0.39, 0.29) is 0 Å². The summed E-state index contributed by atoms with van der Waals surface area (Å²) in [5, 5.41) is 3.37. The maximum Gasteiger partial charge on any atom is 0.193 e. The smallest absolute Gasteiger partial charge is 0.193 e. The van der Waals surface area contributed by atoms with Crippen molar-refractivity contribution in [2.75, 3.05) is 60.5 Å². The molecule has 0 rings (SSSR count). The van der Waals surface area contributed by atoms with Crippen molar-refractivity contribution in [2.45, 2.75) is 32.6 Å². The molecule has 5 heteroatoms. The summed E-state index contributed by atoms with van der Waals surface area (Å²) in [6, 6.07) is 0. The molecule has 0 aliphatic rings. The van der Waals surface area contributed by atoms with Gasteiger partial charge in [-0.2, -0.15) is 0 Å². The molecule has 0 saturated carbocycles. The Kier molecular flexibility index (Phi) is 14.1. The average Bonchev–Trinajstić information content (AvgIpc) is 2.51. The van der Waals surface area contributed by atoms with Crippen molar-refractivity contribution in [3.05, 3.63) is 12.7 Å². The zero-order valence-corrected chi connectivity index (χ0v) is 15.1. The van der Waals surface area contributed by atoms with Crippen molar-refractivity contribution in [3.8, 4) is 0 Å². The number of nitrogens with zero attached hydrogens (tertiary/aromatic N) is 3. The lowest BCUT2D eigenvalue weighted by molar-refractivity contribution is 0.163. The number of likely N-dealkylation sites (N-methyl/N-ethyl adjacent to an activating group) is 1. The van der Waals surface area contributed by atoms with Crippen LogP contribution in [-0.4, -0.2) is 76.3 Å². The van der Waals surface area contributed by atoms with Crippen molar-refractivity contribution < 1.29 is 4.74 Å². The number of guanidine groups is 1. The molecule has 0 fully saturated rings. The second-order valence-electron chi connectivity index (χ2n) is 5.59. The van der Waals surface area contributed by atoms with Crippen LogP contribution < -0.4 is 5.32 Å². The fraction of sp³-hybridized carbons (Fsp3) is 0.824. The number of hydrogen-bond acceptors (Lipinski definition) is 3. The van der Waals surface area contributed by atoms with Gasteiger partial charge in [0.05, 0.1) is 13.2 Å². The molecule has 130 valence electrons. The van der Waals surface area contributed by atoms with Crippen molar-refractivity contribution in [2.24, 2.45) is 4.99 Å². The van der Waals surface area contributed by atoms with Gasteiger partial charge in [-0.05, 0) is 33.2 Å². The molecular weight excluding hydrogens is 276 g/mol. The van der Waals surface area contributed by atoms with Crippen LogP contribution >= 0.6 is 0 Å². The Morgan fingerprint density at radius 3 is 2.59 bits per heavy atom. The Bertz CT molecular complexity index is 294. The van der Waals surface area contributed by atoms with Crippen LogP contribution in [0.1, 0.15) is 32.6 Å². The first-order valence-electron chi connectivity index (χ1n) is 8.43. The summed E-state index contributed by atoms with van der Waals surface area (Å²) < 4.78 is 5.08. The molecule has 0 aromatic rings. The van der Waals surface area contributed by atoms with Crippen LogP contribution in [0.5, 0.6) is 0 Å². The number of methoxy groups -OCH3 is 1. The Hall–Kier alpha value is -1.07. The summed E-state index contributed by atoms with van der Waals surface area (Å²) in [7, 11) is 5.95. The van der Waals surface area contributed by atoms with E-state index in [1.807, 2.05) is 6.08 Å². The third-order valence-corrected chi connectivity index (χ3v) is 3.52. The topological polar surface area (TPSA) is 40.1 Å². The molecule has 1 N–H and O–H groups in total. The van der Waals surface area contributed by atoms with E-state index in [1.165, 1.54) is 19.3 Å². The van der Waals surface area contributed by atoms with Gasteiger partial charge in [-0.3, -0.25) is 4.99 Å². The second kappa shape index (κ2) is 14.9. The zero-order valence-electron chi connectivity index (χ0n) is 15.1. The molecule has 0 atom stereocenters. The Morgan fingerprint density at radius 2 is 1.95 bits per heavy atom. The summed E-state index contributed by atoms with van der Waals surface area (Å²) >= 11 is 0. The Morgan fingerprint density at radius 1 is 1.18 bits per heavy atom. The Balaban J connectivity index is 4.08. The van der Waals surface area contributed by atoms with Gasteiger partial charge >= 0.3 is 0 Å². The molecule has 0 spiro atoms. The molecule has 0 aromatic carbocycles. The summed E-state index contributed by atoms with van der Waals surface area (Å²) in [5.74, 6) is 1.01. The van der Waals surface area contributed by atoms with Gasteiger partial charge in [0, 0.05) is 40.3 Å². The number of nitrogens with one attached hydrogen (secondary N) is 1. The van der Waals surface area contributed by atoms with Crippen molar-refractivity contribution >= 4 is 5.96 Å². The van der Waals surface area contributed by atoms with E-state index in [0.717, 1.165) is 51.7 Å². The fourth-order valence-corrected chi connectivity index (χ4v) is 2.08. The number of aliphatic imine (C=N–C) groups is 1. The SMILES string of the molecule is C=CCCCCCN(C)C(=NCCN(C)CCOC)NCC. The van der Waals surface area contributed by atoms with Crippen molar-refractivity contribution in [1.29, 1.82) is 0 Å². The highest BCUT2D eigenvalue weighted by molar-refractivity contribution is 5.79. The number of unbranched alkanes of at least 4 members (excludes halogenated alkanes) is 3. The normalized spacial score (nSPS) is 11.8. The lowest BCUT2D eigenvalue weighted by Gasteiger charge is -2.22. The minimum atomic E-state index is 0.769. The number of rotatable bonds is 13. The van der Waals surface area contributed by atoms with E-state index < -0.39 is 0 Å². The summed E-state index contributed by atoms with van der Waals surface area (Å²) in [4.78, 5) is 9.18. The van der Waals surface area contributed by atoms with Gasteiger partial charge in [-0.15, -0.1) is 6.58 Å². The Labute approximate surface area is 137 Å². The van der Waals surface area contributed by atoms with Crippen molar-refractivity contribution in [3.63, 3.8) is 0 Å². The maximum atomic E-state index is 5.08. The van der Waals surface area contributed by atoms with Gasteiger partial charge in [-0.25, -0.2) is 0 Å². The van der Waals surface area contributed by atoms with Crippen LogP contribution in [0.25, 0.3) is 0 Å². The highest BCUT2D eigenvalue weighted by Gasteiger charge is 2.05. The quantitative estimate of drug-likeness (QED) is 0.245. The molecule has 0 heterocycles. The summed E-state index contributed by atoms with van der Waals surface area (Å²) in [6.07, 6.45) is 6.79. The minimum Gasteiger partial charge on any atom is -0.383 e. The highest BCUT2D eigenvalue weighted by atomic mass is 16.5. The predicted molar refractivity (Wildman–Crippen MR) is 96.6 cm³/mol. The van der Waals surface area contributed by atoms with E-state index in [9.17, 15) is 0 Å². The van der Waals surface area contributed by atoms with Crippen LogP contribution in [0.4, 0.5) is 0 Å². The second-order valence-corrected chi connectivity index (χ2v) is 5.59. The van der Waals surface area contributed by atoms with E-state index in [0.29, 0.717) is 0 Å². The number of allylic oxidation sites excluding steroid dienone is 1. The van der Waals surface area contributed by atoms with Gasteiger partial charge in [-0.1, -0.05) is 12.5 Å². The van der Waals surface area contributed by atoms with E-state index in [4.69, 9.17) is 9.73 Å². The molecule has 0 aromatic heterocycles. The molecule has 0 aliphatic carbocycles. The average molecular weight is 313 g/mol. The molecule has 0 saturated heterocycles. The first-order chi connectivity index (χ1) is 10.7. The molecule has 22 heavy (non-hydrogen) atoms. The highest BCUT2D eigenvalue weighted by Crippen LogP contribution is 2.01. The lowest BCUT2D eigenvalue weighted by atomic mass is 10.2. The van der Waals surface area contributed by atoms with Crippen LogP contribution in [0.2, 0.25) is 0 Å². The van der Waals surface area contributed by atoms with Crippen LogP contribution in [0.3, 0.4) is 0 Å². The summed E-state index contributed by atoms with van der Waals surface area (Å²) in [5.41, 5.74) is 0. The lowest BCUT2D eigenvalue weighted by Crippen LogP contribution is -2.40. The third kappa shape index (κ3) is 11.6. The maximum absolute atomic E-state index is 5.08. The fourth-order valence-electron chi connectivity index (χ4n) is 2.08. The molecular formula is C17H36N4O. The molecule has 0 aliphatic heterocycles. The van der Waals surface area contributed by atoms with E-state index in [2.05, 4.69) is 42.7 Å². The molecule has 5 nitrogen and oxygen atoms in total. The van der Waals surface area contributed by atoms with Gasteiger partial charge in [0.2, 0.25) is 0 Å². The third-order valence-electron chi connectivity index (χ3n) is 3.52. The van der Waals surface area contributed by atoms with Gasteiger partial charge in [0.15, 0.2) is 5.96 Å². The first-order valence-corrected chi connectivity index (χ1v) is 8.43. The molecule has 0 bridgehead atoms. The van der Waals surface area contributed by atoms with Crippen LogP contribution in [-0.2, 0) is 4.74 Å². The number of ether oxygens (including phenoxy) is 1. The largest absolute Gasteiger partial charge is 0.383 e. The summed E-state index contributed by atoms with van der Waals surface area (Å²) in [6.45, 7) is 11.3. The van der Waals surface area contributed by atoms with Crippen LogP contribution in [0.15, 0.2) is 17.6 Å². The molecule has 0 radical (unpaired) electrons. The minimum absolute atomic E-state index is 0.769. The molecule has 0 unspecified atom stereocenters. The molecule has 0 amide bonds. The standard InChI is InChI=1S/C17H36N4O/c1-6-8-9-10-11-13-21(4)17(18-7-2)19-12-14-20(3)15-16-22-5/h6H,1,7-16H2,2-5H3,(H,18,19). The first kappa shape index (κ1) is 20.9. The predicted octanol–water partition coefficient (Wildman–Crippen LogP) is 2.21. The van der Waals surface area contributed by atoms with E-state index in [1.54, 1.807) is 7.11 Å². The monoisotopic (exact) mass is 312 g/mol. The van der Waals surface area contributed by atoms with Gasteiger partial charge < -0.3 is 19.9 Å². The van der Waals surface area contributed by atoms with Crippen LogP contribution in [0, 0.1) is 0 Å². The van der Waals surface area contributed by atoms with E-state index >= 15 is 0 Å². The van der Waals surface area contributed by atoms with Gasteiger partial charge in [0.1, 0.15) is 0 Å².